The van der Waals surface area contributed by atoms with Crippen molar-refractivity contribution >= 4 is 10.8 Å². The molecular weight excluding hydrogens is 196 g/mol. The van der Waals surface area contributed by atoms with E-state index in [1.165, 1.54) is 5.57 Å². The van der Waals surface area contributed by atoms with E-state index in [-0.39, 0.29) is 11.5 Å². The number of allylic oxidation sites excluding steroid dienone is 1. The molecule has 0 bridgehead atoms. The van der Waals surface area contributed by atoms with Crippen LogP contribution in [0.3, 0.4) is 0 Å². The minimum absolute atomic E-state index is 0.193. The van der Waals surface area contributed by atoms with Crippen LogP contribution in [0.25, 0.3) is 0 Å². The molecule has 2 nitrogen and oxygen atoms in total. The Kier molecular flexibility index (Phi) is 3.90. The van der Waals surface area contributed by atoms with Crippen molar-refractivity contribution < 1.29 is 9.32 Å². The fourth-order valence-electron chi connectivity index (χ4n) is 2.09. The number of hydrogen-bond acceptors (Lipinski definition) is 2. The molecule has 14 heavy (non-hydrogen) atoms. The minimum atomic E-state index is -0.726. The van der Waals surface area contributed by atoms with Gasteiger partial charge in [-0.25, -0.2) is 0 Å². The summed E-state index contributed by atoms with van der Waals surface area (Å²) in [6.07, 6.45) is 6.10. The first-order chi connectivity index (χ1) is 6.39. The highest BCUT2D eigenvalue weighted by Crippen LogP contribution is 2.36. The van der Waals surface area contributed by atoms with Crippen molar-refractivity contribution in [2.24, 2.45) is 5.41 Å². The molecule has 82 valence electrons. The summed E-state index contributed by atoms with van der Waals surface area (Å²) < 4.78 is 11.0. The molecule has 0 amide bonds. The average molecular weight is 216 g/mol. The van der Waals surface area contributed by atoms with E-state index in [4.69, 9.17) is 0 Å². The zero-order valence-electron chi connectivity index (χ0n) is 9.25. The minimum Gasteiger partial charge on any atom is -0.389 e. The van der Waals surface area contributed by atoms with E-state index >= 15 is 0 Å². The molecule has 1 aliphatic carbocycles. The van der Waals surface area contributed by atoms with Crippen LogP contribution in [0, 0.1) is 5.41 Å². The average Bonchev–Trinajstić information content (AvgIpc) is 1.96. The van der Waals surface area contributed by atoms with Crippen molar-refractivity contribution in [1.82, 2.24) is 0 Å². The summed E-state index contributed by atoms with van der Waals surface area (Å²) in [4.78, 5) is 0. The number of aliphatic hydroxyl groups excluding tert-OH is 1. The maximum atomic E-state index is 11.0. The van der Waals surface area contributed by atoms with Gasteiger partial charge in [0, 0.05) is 22.8 Å². The smallest absolute Gasteiger partial charge is 0.0728 e. The van der Waals surface area contributed by atoms with Crippen LogP contribution in [0.1, 0.15) is 33.1 Å². The highest BCUT2D eigenvalue weighted by Gasteiger charge is 2.27. The van der Waals surface area contributed by atoms with E-state index in [1.54, 1.807) is 6.26 Å². The Morgan fingerprint density at radius 3 is 2.79 bits per heavy atom. The van der Waals surface area contributed by atoms with Crippen molar-refractivity contribution in [3.05, 3.63) is 11.6 Å². The van der Waals surface area contributed by atoms with Gasteiger partial charge in [-0.05, 0) is 24.7 Å². The lowest BCUT2D eigenvalue weighted by Crippen LogP contribution is -2.25. The Labute approximate surface area is 88.9 Å². The molecule has 3 heteroatoms. The largest absolute Gasteiger partial charge is 0.389 e. The van der Waals surface area contributed by atoms with Crippen LogP contribution in [0.5, 0.6) is 0 Å². The summed E-state index contributed by atoms with van der Waals surface area (Å²) >= 11 is 0. The molecule has 0 fully saturated rings. The molecule has 2 unspecified atom stereocenters. The van der Waals surface area contributed by atoms with E-state index in [0.717, 1.165) is 19.3 Å². The van der Waals surface area contributed by atoms with Crippen molar-refractivity contribution in [2.75, 3.05) is 12.0 Å². The molecule has 0 saturated carbocycles. The fraction of sp³-hybridized carbons (Fsp3) is 0.818. The maximum Gasteiger partial charge on any atom is 0.0728 e. The lowest BCUT2D eigenvalue weighted by atomic mass is 9.75. The highest BCUT2D eigenvalue weighted by atomic mass is 32.2. The van der Waals surface area contributed by atoms with Crippen LogP contribution >= 0.6 is 0 Å². The molecule has 0 saturated heterocycles. The zero-order chi connectivity index (χ0) is 10.8. The van der Waals surface area contributed by atoms with Gasteiger partial charge in [0.25, 0.3) is 0 Å². The molecule has 0 aromatic carbocycles. The van der Waals surface area contributed by atoms with Gasteiger partial charge in [-0.1, -0.05) is 25.5 Å². The Balaban J connectivity index is 2.56. The van der Waals surface area contributed by atoms with E-state index < -0.39 is 10.8 Å². The second kappa shape index (κ2) is 4.58. The van der Waals surface area contributed by atoms with Gasteiger partial charge in [-0.2, -0.15) is 0 Å². The first-order valence-corrected chi connectivity index (χ1v) is 6.79. The second-order valence-electron chi connectivity index (χ2n) is 4.96. The Bertz CT molecular complexity index is 256. The molecule has 1 aliphatic rings. The van der Waals surface area contributed by atoms with Gasteiger partial charge in [0.05, 0.1) is 6.10 Å². The van der Waals surface area contributed by atoms with Crippen LogP contribution < -0.4 is 0 Å². The third-order valence-corrected chi connectivity index (χ3v) is 3.39. The topological polar surface area (TPSA) is 37.3 Å². The van der Waals surface area contributed by atoms with Gasteiger partial charge in [0.1, 0.15) is 0 Å². The summed E-state index contributed by atoms with van der Waals surface area (Å²) in [6, 6.07) is 0. The standard InChI is InChI=1S/C11H20O2S/c1-11(2)7-9(4-5-14(3)13)6-10(12)8-11/h6,10,12H,4-5,7-8H2,1-3H3. The highest BCUT2D eigenvalue weighted by molar-refractivity contribution is 7.84. The monoisotopic (exact) mass is 216 g/mol. The summed E-state index contributed by atoms with van der Waals surface area (Å²) in [6.45, 7) is 4.35. The van der Waals surface area contributed by atoms with Crippen molar-refractivity contribution in [3.8, 4) is 0 Å². The predicted octanol–water partition coefficient (Wildman–Crippen LogP) is 1.86. The van der Waals surface area contributed by atoms with E-state index in [9.17, 15) is 9.32 Å². The molecule has 0 aromatic rings. The number of rotatable bonds is 3. The zero-order valence-corrected chi connectivity index (χ0v) is 10.1. The van der Waals surface area contributed by atoms with E-state index in [1.807, 2.05) is 6.08 Å². The first-order valence-electron chi connectivity index (χ1n) is 5.07. The molecule has 0 aromatic heterocycles. The van der Waals surface area contributed by atoms with Gasteiger partial charge in [-0.15, -0.1) is 0 Å². The summed E-state index contributed by atoms with van der Waals surface area (Å²) in [5, 5.41) is 9.63. The summed E-state index contributed by atoms with van der Waals surface area (Å²) in [5.74, 6) is 0.717. The van der Waals surface area contributed by atoms with Gasteiger partial charge in [0.2, 0.25) is 0 Å². The van der Waals surface area contributed by atoms with Crippen molar-refractivity contribution in [1.29, 1.82) is 0 Å². The molecule has 2 atom stereocenters. The van der Waals surface area contributed by atoms with Gasteiger partial charge >= 0.3 is 0 Å². The van der Waals surface area contributed by atoms with Crippen LogP contribution in [-0.4, -0.2) is 27.4 Å². The summed E-state index contributed by atoms with van der Waals surface area (Å²) in [7, 11) is -0.726. The quantitative estimate of drug-likeness (QED) is 0.731. The third kappa shape index (κ3) is 3.93. The lowest BCUT2D eigenvalue weighted by molar-refractivity contribution is 0.138. The fourth-order valence-corrected chi connectivity index (χ4v) is 2.64. The lowest BCUT2D eigenvalue weighted by Gasteiger charge is -2.32. The van der Waals surface area contributed by atoms with Crippen LogP contribution in [0.4, 0.5) is 0 Å². The molecule has 0 heterocycles. The van der Waals surface area contributed by atoms with Crippen LogP contribution in [-0.2, 0) is 10.8 Å². The van der Waals surface area contributed by atoms with Gasteiger partial charge in [0.15, 0.2) is 0 Å². The summed E-state index contributed by atoms with van der Waals surface area (Å²) in [5.41, 5.74) is 1.46. The Morgan fingerprint density at radius 1 is 1.64 bits per heavy atom. The molecule has 1 N–H and O–H groups in total. The predicted molar refractivity (Wildman–Crippen MR) is 60.7 cm³/mol. The van der Waals surface area contributed by atoms with Crippen molar-refractivity contribution in [3.63, 3.8) is 0 Å². The molecule has 1 rings (SSSR count). The first kappa shape index (κ1) is 11.9. The van der Waals surface area contributed by atoms with Crippen molar-refractivity contribution in [2.45, 2.75) is 39.2 Å². The van der Waals surface area contributed by atoms with E-state index in [2.05, 4.69) is 13.8 Å². The number of hydrogen-bond donors (Lipinski definition) is 1. The second-order valence-corrected chi connectivity index (χ2v) is 6.52. The molecule has 0 radical (unpaired) electrons. The molecule has 0 spiro atoms. The Hall–Kier alpha value is -0.150. The van der Waals surface area contributed by atoms with Crippen LogP contribution in [0.2, 0.25) is 0 Å². The van der Waals surface area contributed by atoms with Gasteiger partial charge < -0.3 is 5.11 Å². The third-order valence-electron chi connectivity index (χ3n) is 2.61. The SMILES string of the molecule is CS(=O)CCC1=CC(O)CC(C)(C)C1. The molecule has 0 aliphatic heterocycles. The van der Waals surface area contributed by atoms with Gasteiger partial charge in [-0.3, -0.25) is 4.21 Å². The Morgan fingerprint density at radius 2 is 2.29 bits per heavy atom. The van der Waals surface area contributed by atoms with Crippen LogP contribution in [0.15, 0.2) is 11.6 Å². The normalized spacial score (nSPS) is 28.3. The maximum absolute atomic E-state index is 11.0. The van der Waals surface area contributed by atoms with E-state index in [0.29, 0.717) is 5.75 Å². The molecular formula is C11H20O2S. The number of aliphatic hydroxyl groups is 1.